The largest absolute Gasteiger partial charge is 0.353 e. The lowest BCUT2D eigenvalue weighted by molar-refractivity contribution is -0.383. The molecule has 0 fully saturated rings. The fourth-order valence-corrected chi connectivity index (χ4v) is 2.75. The van der Waals surface area contributed by atoms with E-state index in [1.807, 2.05) is 64.1 Å². The molecule has 3 rings (SSSR count). The molecule has 0 bridgehead atoms. The zero-order valence-corrected chi connectivity index (χ0v) is 15.7. The molecule has 0 saturated carbocycles. The molecule has 0 spiro atoms. The number of rotatable bonds is 5. The fraction of sp³-hybridized carbons (Fsp3) is 0.200. The van der Waals surface area contributed by atoms with Crippen LogP contribution in [0.4, 0.5) is 28.7 Å². The Balaban J connectivity index is 2.04. The number of nitro groups is 1. The summed E-state index contributed by atoms with van der Waals surface area (Å²) in [6, 6.07) is 11.6. The summed E-state index contributed by atoms with van der Waals surface area (Å²) < 4.78 is 0. The SMILES string of the molecule is Cc1ccc(C)c(Nc2ncnc(Nc3cccc(C)c3C)c2[N+](=O)[O-])c1. The Labute approximate surface area is 157 Å². The van der Waals surface area contributed by atoms with Crippen molar-refractivity contribution < 1.29 is 4.92 Å². The summed E-state index contributed by atoms with van der Waals surface area (Å²) in [4.78, 5) is 19.5. The van der Waals surface area contributed by atoms with Gasteiger partial charge in [0, 0.05) is 11.4 Å². The maximum Gasteiger partial charge on any atom is 0.353 e. The Morgan fingerprint density at radius 1 is 0.889 bits per heavy atom. The van der Waals surface area contributed by atoms with Crippen LogP contribution >= 0.6 is 0 Å². The summed E-state index contributed by atoms with van der Waals surface area (Å²) in [5.41, 5.74) is 5.47. The van der Waals surface area contributed by atoms with Gasteiger partial charge in [-0.25, -0.2) is 9.97 Å². The fourth-order valence-electron chi connectivity index (χ4n) is 2.75. The first kappa shape index (κ1) is 18.3. The van der Waals surface area contributed by atoms with Gasteiger partial charge in [-0.3, -0.25) is 10.1 Å². The number of hydrogen-bond donors (Lipinski definition) is 2. The van der Waals surface area contributed by atoms with Crippen molar-refractivity contribution in [3.8, 4) is 0 Å². The third-order valence-corrected chi connectivity index (χ3v) is 4.51. The number of nitrogens with one attached hydrogen (secondary N) is 2. The number of nitrogens with zero attached hydrogens (tertiary/aromatic N) is 3. The van der Waals surface area contributed by atoms with E-state index in [9.17, 15) is 10.1 Å². The smallest absolute Gasteiger partial charge is 0.334 e. The lowest BCUT2D eigenvalue weighted by Gasteiger charge is -2.13. The van der Waals surface area contributed by atoms with Gasteiger partial charge in [0.15, 0.2) is 0 Å². The van der Waals surface area contributed by atoms with E-state index in [1.54, 1.807) is 0 Å². The second-order valence-electron chi connectivity index (χ2n) is 6.49. The molecule has 1 heterocycles. The molecular weight excluding hydrogens is 342 g/mol. The number of anilines is 4. The van der Waals surface area contributed by atoms with E-state index < -0.39 is 4.92 Å². The van der Waals surface area contributed by atoms with Crippen molar-refractivity contribution in [2.75, 3.05) is 10.6 Å². The molecule has 0 saturated heterocycles. The van der Waals surface area contributed by atoms with Crippen LogP contribution in [0.25, 0.3) is 0 Å². The van der Waals surface area contributed by atoms with Gasteiger partial charge in [0.25, 0.3) is 0 Å². The van der Waals surface area contributed by atoms with Crippen LogP contribution in [0.15, 0.2) is 42.7 Å². The lowest BCUT2D eigenvalue weighted by Crippen LogP contribution is -2.07. The minimum absolute atomic E-state index is 0.150. The van der Waals surface area contributed by atoms with E-state index in [0.717, 1.165) is 33.6 Å². The van der Waals surface area contributed by atoms with E-state index in [1.165, 1.54) is 6.33 Å². The van der Waals surface area contributed by atoms with Crippen molar-refractivity contribution in [3.05, 3.63) is 75.1 Å². The maximum atomic E-state index is 11.8. The zero-order chi connectivity index (χ0) is 19.6. The van der Waals surface area contributed by atoms with Crippen LogP contribution < -0.4 is 10.6 Å². The van der Waals surface area contributed by atoms with Gasteiger partial charge >= 0.3 is 5.69 Å². The summed E-state index contributed by atoms with van der Waals surface area (Å²) in [6.07, 6.45) is 1.31. The molecule has 0 aliphatic rings. The van der Waals surface area contributed by atoms with Crippen molar-refractivity contribution >= 4 is 28.7 Å². The second-order valence-corrected chi connectivity index (χ2v) is 6.49. The molecule has 3 aromatic rings. The number of benzene rings is 2. The van der Waals surface area contributed by atoms with Gasteiger partial charge in [0.2, 0.25) is 11.6 Å². The van der Waals surface area contributed by atoms with E-state index in [4.69, 9.17) is 0 Å². The highest BCUT2D eigenvalue weighted by atomic mass is 16.6. The van der Waals surface area contributed by atoms with Crippen molar-refractivity contribution in [2.24, 2.45) is 0 Å². The minimum Gasteiger partial charge on any atom is -0.334 e. The van der Waals surface area contributed by atoms with Gasteiger partial charge in [0.1, 0.15) is 6.33 Å². The molecule has 0 aliphatic heterocycles. The van der Waals surface area contributed by atoms with Crippen molar-refractivity contribution in [3.63, 3.8) is 0 Å². The number of hydrogen-bond acceptors (Lipinski definition) is 6. The molecule has 7 nitrogen and oxygen atoms in total. The molecule has 27 heavy (non-hydrogen) atoms. The standard InChI is InChI=1S/C20H21N5O2/c1-12-8-9-14(3)17(10-12)24-20-18(25(26)27)19(21-11-22-20)23-16-7-5-6-13(2)15(16)4/h5-11H,1-4H3,(H2,21,22,23,24). The van der Waals surface area contributed by atoms with Crippen molar-refractivity contribution in [1.29, 1.82) is 0 Å². The molecule has 0 aliphatic carbocycles. The normalized spacial score (nSPS) is 10.5. The Hall–Kier alpha value is -3.48. The summed E-state index contributed by atoms with van der Waals surface area (Å²) in [5.74, 6) is 0.299. The van der Waals surface area contributed by atoms with E-state index >= 15 is 0 Å². The van der Waals surface area contributed by atoms with Crippen LogP contribution in [-0.4, -0.2) is 14.9 Å². The van der Waals surface area contributed by atoms with Crippen LogP contribution in [-0.2, 0) is 0 Å². The Morgan fingerprint density at radius 2 is 1.56 bits per heavy atom. The minimum atomic E-state index is -0.471. The van der Waals surface area contributed by atoms with E-state index in [2.05, 4.69) is 20.6 Å². The monoisotopic (exact) mass is 363 g/mol. The van der Waals surface area contributed by atoms with Crippen LogP contribution in [0, 0.1) is 37.8 Å². The Kier molecular flexibility index (Phi) is 5.03. The number of aryl methyl sites for hydroxylation is 3. The maximum absolute atomic E-state index is 11.8. The summed E-state index contributed by atoms with van der Waals surface area (Å²) >= 11 is 0. The topological polar surface area (TPSA) is 93.0 Å². The van der Waals surface area contributed by atoms with Crippen LogP contribution in [0.3, 0.4) is 0 Å². The third-order valence-electron chi connectivity index (χ3n) is 4.51. The molecule has 2 N–H and O–H groups in total. The predicted molar refractivity (Wildman–Crippen MR) is 107 cm³/mol. The average Bonchev–Trinajstić information content (AvgIpc) is 2.62. The molecule has 0 amide bonds. The van der Waals surface area contributed by atoms with Crippen molar-refractivity contribution in [2.45, 2.75) is 27.7 Å². The first-order valence-electron chi connectivity index (χ1n) is 8.53. The van der Waals surface area contributed by atoms with Gasteiger partial charge in [-0.15, -0.1) is 0 Å². The van der Waals surface area contributed by atoms with Crippen LogP contribution in [0.1, 0.15) is 22.3 Å². The summed E-state index contributed by atoms with van der Waals surface area (Å²) in [6.45, 7) is 7.85. The quantitative estimate of drug-likeness (QED) is 0.483. The number of aromatic nitrogens is 2. The molecule has 1 aromatic heterocycles. The van der Waals surface area contributed by atoms with Gasteiger partial charge in [0.05, 0.1) is 4.92 Å². The highest BCUT2D eigenvalue weighted by Crippen LogP contribution is 2.34. The Morgan fingerprint density at radius 3 is 2.22 bits per heavy atom. The lowest BCUT2D eigenvalue weighted by atomic mass is 10.1. The Bertz CT molecular complexity index is 995. The third kappa shape index (κ3) is 3.87. The molecule has 2 aromatic carbocycles. The van der Waals surface area contributed by atoms with Gasteiger partial charge in [-0.05, 0) is 62.1 Å². The molecule has 0 radical (unpaired) electrons. The zero-order valence-electron chi connectivity index (χ0n) is 15.7. The molecule has 138 valence electrons. The molecular formula is C20H21N5O2. The van der Waals surface area contributed by atoms with E-state index in [-0.39, 0.29) is 17.3 Å². The van der Waals surface area contributed by atoms with Crippen LogP contribution in [0.5, 0.6) is 0 Å². The highest BCUT2D eigenvalue weighted by molar-refractivity contribution is 5.78. The summed E-state index contributed by atoms with van der Waals surface area (Å²) in [7, 11) is 0. The summed E-state index contributed by atoms with van der Waals surface area (Å²) in [5, 5.41) is 17.9. The van der Waals surface area contributed by atoms with Crippen LogP contribution in [0.2, 0.25) is 0 Å². The van der Waals surface area contributed by atoms with E-state index in [0.29, 0.717) is 0 Å². The average molecular weight is 363 g/mol. The molecule has 0 unspecified atom stereocenters. The second kappa shape index (κ2) is 7.41. The predicted octanol–water partition coefficient (Wildman–Crippen LogP) is 5.11. The highest BCUT2D eigenvalue weighted by Gasteiger charge is 2.24. The van der Waals surface area contributed by atoms with Gasteiger partial charge in [-0.2, -0.15) is 0 Å². The molecule has 0 atom stereocenters. The van der Waals surface area contributed by atoms with Gasteiger partial charge in [-0.1, -0.05) is 24.3 Å². The molecule has 7 heteroatoms. The van der Waals surface area contributed by atoms with Crippen molar-refractivity contribution in [1.82, 2.24) is 9.97 Å². The van der Waals surface area contributed by atoms with Gasteiger partial charge < -0.3 is 10.6 Å². The first-order chi connectivity index (χ1) is 12.9. The first-order valence-corrected chi connectivity index (χ1v) is 8.53.